The van der Waals surface area contributed by atoms with Crippen LogP contribution in [-0.4, -0.2) is 16.2 Å². The summed E-state index contributed by atoms with van der Waals surface area (Å²) in [5.41, 5.74) is 0. The topological polar surface area (TPSA) is 61.6 Å². The average Bonchev–Trinajstić information content (AvgIpc) is 2.76. The molecule has 1 aromatic rings. The van der Waals surface area contributed by atoms with Crippen LogP contribution in [0.3, 0.4) is 0 Å². The summed E-state index contributed by atoms with van der Waals surface area (Å²) in [5.74, 6) is 0.224. The zero-order valence-corrected chi connectivity index (χ0v) is 8.84. The van der Waals surface area contributed by atoms with Gasteiger partial charge in [-0.3, -0.25) is 0 Å². The summed E-state index contributed by atoms with van der Waals surface area (Å²) in [6.07, 6.45) is 3.01. The minimum absolute atomic E-state index is 0.224. The first-order valence-electron chi connectivity index (χ1n) is 4.74. The molecule has 1 aromatic heterocycles. The van der Waals surface area contributed by atoms with E-state index in [9.17, 15) is 0 Å². The van der Waals surface area contributed by atoms with Crippen molar-refractivity contribution in [2.45, 2.75) is 32.2 Å². The van der Waals surface area contributed by atoms with E-state index in [2.05, 4.69) is 21.6 Å². The second-order valence-corrected chi connectivity index (χ2v) is 4.79. The predicted molar refractivity (Wildman–Crippen MR) is 55.0 cm³/mol. The van der Waals surface area contributed by atoms with Gasteiger partial charge >= 0.3 is 0 Å². The smallest absolute Gasteiger partial charge is 0.205 e. The van der Waals surface area contributed by atoms with Gasteiger partial charge in [0.2, 0.25) is 5.13 Å². The number of rotatable bonds is 2. The summed E-state index contributed by atoms with van der Waals surface area (Å²) in [4.78, 5) is 0. The Bertz CT molecular complexity index is 354. The summed E-state index contributed by atoms with van der Waals surface area (Å²) in [6, 6.07) is 2.72. The van der Waals surface area contributed by atoms with E-state index in [1.807, 2.05) is 6.92 Å². The van der Waals surface area contributed by atoms with Crippen molar-refractivity contribution in [3.8, 4) is 6.07 Å². The van der Waals surface area contributed by atoms with Crippen LogP contribution in [0.25, 0.3) is 0 Å². The molecule has 74 valence electrons. The molecule has 0 radical (unpaired) electrons. The third-order valence-corrected chi connectivity index (χ3v) is 3.24. The summed E-state index contributed by atoms with van der Waals surface area (Å²) in [5, 5.41) is 21.9. The molecule has 2 unspecified atom stereocenters. The Morgan fingerprint density at radius 1 is 1.50 bits per heavy atom. The van der Waals surface area contributed by atoms with Crippen molar-refractivity contribution >= 4 is 16.5 Å². The molecule has 0 aromatic carbocycles. The van der Waals surface area contributed by atoms with Gasteiger partial charge in [-0.05, 0) is 26.2 Å². The van der Waals surface area contributed by atoms with Crippen LogP contribution in [-0.2, 0) is 0 Å². The van der Waals surface area contributed by atoms with Crippen LogP contribution in [0.15, 0.2) is 0 Å². The van der Waals surface area contributed by atoms with Crippen molar-refractivity contribution in [1.29, 1.82) is 5.26 Å². The zero-order chi connectivity index (χ0) is 9.97. The highest BCUT2D eigenvalue weighted by atomic mass is 32.1. The van der Waals surface area contributed by atoms with Crippen molar-refractivity contribution in [2.75, 3.05) is 5.32 Å². The summed E-state index contributed by atoms with van der Waals surface area (Å²) < 4.78 is 0. The summed E-state index contributed by atoms with van der Waals surface area (Å²) in [6.45, 7) is 1.94. The third-order valence-electron chi connectivity index (χ3n) is 2.47. The van der Waals surface area contributed by atoms with Gasteiger partial charge in [0.05, 0.1) is 6.07 Å². The highest BCUT2D eigenvalue weighted by Crippen LogP contribution is 2.28. The van der Waals surface area contributed by atoms with Crippen LogP contribution in [0.4, 0.5) is 5.13 Å². The molecule has 2 rings (SSSR count). The molecule has 1 saturated carbocycles. The molecule has 4 nitrogen and oxygen atoms in total. The highest BCUT2D eigenvalue weighted by molar-refractivity contribution is 7.15. The monoisotopic (exact) mass is 208 g/mol. The predicted octanol–water partition coefficient (Wildman–Crippen LogP) is 1.95. The third kappa shape index (κ3) is 2.02. The second-order valence-electron chi connectivity index (χ2n) is 3.61. The van der Waals surface area contributed by atoms with Gasteiger partial charge in [-0.15, -0.1) is 10.2 Å². The van der Waals surface area contributed by atoms with Crippen LogP contribution in [0, 0.1) is 24.2 Å². The van der Waals surface area contributed by atoms with Gasteiger partial charge in [-0.1, -0.05) is 11.3 Å². The molecule has 1 fully saturated rings. The van der Waals surface area contributed by atoms with E-state index in [0.717, 1.165) is 29.4 Å². The van der Waals surface area contributed by atoms with Gasteiger partial charge in [-0.25, -0.2) is 0 Å². The van der Waals surface area contributed by atoms with Crippen LogP contribution in [0.2, 0.25) is 0 Å². The van der Waals surface area contributed by atoms with Crippen molar-refractivity contribution in [1.82, 2.24) is 10.2 Å². The number of hydrogen-bond acceptors (Lipinski definition) is 5. The summed E-state index contributed by atoms with van der Waals surface area (Å²) >= 11 is 1.57. The Labute approximate surface area is 87.0 Å². The van der Waals surface area contributed by atoms with Gasteiger partial charge < -0.3 is 5.32 Å². The van der Waals surface area contributed by atoms with E-state index >= 15 is 0 Å². The number of nitriles is 1. The lowest BCUT2D eigenvalue weighted by atomic mass is 10.1. The molecule has 0 amide bonds. The molecule has 2 atom stereocenters. The zero-order valence-electron chi connectivity index (χ0n) is 8.03. The molecule has 1 N–H and O–H groups in total. The molecule has 1 aliphatic carbocycles. The molecule has 0 bridgehead atoms. The molecule has 0 saturated heterocycles. The molecule has 1 heterocycles. The molecule has 0 spiro atoms. The van der Waals surface area contributed by atoms with E-state index in [1.165, 1.54) is 0 Å². The number of aromatic nitrogens is 2. The van der Waals surface area contributed by atoms with Crippen molar-refractivity contribution in [2.24, 2.45) is 5.92 Å². The fourth-order valence-electron chi connectivity index (χ4n) is 1.76. The van der Waals surface area contributed by atoms with Crippen LogP contribution < -0.4 is 5.32 Å². The maximum Gasteiger partial charge on any atom is 0.205 e. The lowest BCUT2D eigenvalue weighted by molar-refractivity contribution is 0.683. The number of hydrogen-bond donors (Lipinski definition) is 1. The molecule has 1 aliphatic rings. The van der Waals surface area contributed by atoms with Crippen molar-refractivity contribution in [3.63, 3.8) is 0 Å². The number of nitrogens with zero attached hydrogens (tertiary/aromatic N) is 3. The Morgan fingerprint density at radius 2 is 2.36 bits per heavy atom. The first-order chi connectivity index (χ1) is 6.78. The molecular weight excluding hydrogens is 196 g/mol. The maximum atomic E-state index is 8.75. The minimum atomic E-state index is 0.224. The molecule has 14 heavy (non-hydrogen) atoms. The van der Waals surface area contributed by atoms with Gasteiger partial charge in [-0.2, -0.15) is 5.26 Å². The van der Waals surface area contributed by atoms with Crippen molar-refractivity contribution < 1.29 is 0 Å². The van der Waals surface area contributed by atoms with E-state index in [-0.39, 0.29) is 5.92 Å². The second kappa shape index (κ2) is 3.93. The van der Waals surface area contributed by atoms with Gasteiger partial charge in [0.15, 0.2) is 0 Å². The first kappa shape index (κ1) is 9.41. The fraction of sp³-hybridized carbons (Fsp3) is 0.667. The van der Waals surface area contributed by atoms with Gasteiger partial charge in [0, 0.05) is 12.0 Å². The van der Waals surface area contributed by atoms with Crippen LogP contribution >= 0.6 is 11.3 Å². The minimum Gasteiger partial charge on any atom is -0.357 e. The van der Waals surface area contributed by atoms with E-state index in [1.54, 1.807) is 11.3 Å². The van der Waals surface area contributed by atoms with E-state index in [0.29, 0.717) is 6.04 Å². The van der Waals surface area contributed by atoms with Crippen LogP contribution in [0.5, 0.6) is 0 Å². The Kier molecular flexibility index (Phi) is 2.64. The molecular formula is C9H12N4S. The van der Waals surface area contributed by atoms with Crippen molar-refractivity contribution in [3.05, 3.63) is 5.01 Å². The van der Waals surface area contributed by atoms with E-state index < -0.39 is 0 Å². The summed E-state index contributed by atoms with van der Waals surface area (Å²) in [7, 11) is 0. The lowest BCUT2D eigenvalue weighted by Gasteiger charge is -2.08. The Hall–Kier alpha value is -1.15. The Morgan fingerprint density at radius 3 is 2.93 bits per heavy atom. The van der Waals surface area contributed by atoms with E-state index in [4.69, 9.17) is 5.26 Å². The first-order valence-corrected chi connectivity index (χ1v) is 5.56. The standard InChI is InChI=1S/C9H12N4S/c1-6-12-13-9(14-6)11-8-3-2-7(4-8)5-10/h7-8H,2-4H2,1H3,(H,11,13). The normalized spacial score (nSPS) is 26.0. The largest absolute Gasteiger partial charge is 0.357 e. The molecule has 5 heteroatoms. The number of anilines is 1. The average molecular weight is 208 g/mol. The Balaban J connectivity index is 1.91. The van der Waals surface area contributed by atoms with Gasteiger partial charge in [0.25, 0.3) is 0 Å². The maximum absolute atomic E-state index is 8.75. The quantitative estimate of drug-likeness (QED) is 0.807. The van der Waals surface area contributed by atoms with Gasteiger partial charge in [0.1, 0.15) is 5.01 Å². The highest BCUT2D eigenvalue weighted by Gasteiger charge is 2.24. The lowest BCUT2D eigenvalue weighted by Crippen LogP contribution is -2.15. The van der Waals surface area contributed by atoms with Crippen LogP contribution in [0.1, 0.15) is 24.3 Å². The fourth-order valence-corrected chi connectivity index (χ4v) is 2.43. The molecule has 0 aliphatic heterocycles. The SMILES string of the molecule is Cc1nnc(NC2CCC(C#N)C2)s1. The number of nitrogens with one attached hydrogen (secondary N) is 1. The number of aryl methyl sites for hydroxylation is 1.